The predicted molar refractivity (Wildman–Crippen MR) is 100 cm³/mol. The summed E-state index contributed by atoms with van der Waals surface area (Å²) >= 11 is 2.06. The first-order chi connectivity index (χ1) is 11.1. The molecule has 4 nitrogen and oxygen atoms in total. The van der Waals surface area contributed by atoms with Gasteiger partial charge in [-0.3, -0.25) is 4.99 Å². The Bertz CT molecular complexity index is 495. The molecule has 0 aliphatic carbocycles. The fraction of sp³-hybridized carbons (Fsp3) is 0.611. The molecule has 1 unspecified atom stereocenters. The summed E-state index contributed by atoms with van der Waals surface area (Å²) < 4.78 is 5.76. The van der Waals surface area contributed by atoms with Gasteiger partial charge in [0.25, 0.3) is 0 Å². The van der Waals surface area contributed by atoms with E-state index in [9.17, 15) is 0 Å². The minimum atomic E-state index is 0.346. The number of nitrogens with one attached hydrogen (secondary N) is 2. The summed E-state index contributed by atoms with van der Waals surface area (Å²) in [5, 5.41) is 6.85. The van der Waals surface area contributed by atoms with E-state index in [1.807, 2.05) is 14.0 Å². The van der Waals surface area contributed by atoms with E-state index in [4.69, 9.17) is 4.74 Å². The maximum absolute atomic E-state index is 5.42. The van der Waals surface area contributed by atoms with Crippen molar-refractivity contribution in [3.8, 4) is 0 Å². The molecule has 0 radical (unpaired) electrons. The normalized spacial score (nSPS) is 21.4. The number of ether oxygens (including phenoxy) is 1. The van der Waals surface area contributed by atoms with E-state index in [1.54, 1.807) is 0 Å². The molecule has 1 atom stereocenters. The third kappa shape index (κ3) is 6.07. The summed E-state index contributed by atoms with van der Waals surface area (Å²) in [6.07, 6.45) is 2.60. The number of rotatable bonds is 7. The van der Waals surface area contributed by atoms with Gasteiger partial charge in [0.2, 0.25) is 0 Å². The van der Waals surface area contributed by atoms with Gasteiger partial charge in [-0.1, -0.05) is 24.3 Å². The standard InChI is InChI=1S/C18H29N3OS/c1-4-22-13-16-8-6-15(7-9-16)12-20-17(19-3)21-14-18(2)10-5-11-23-18/h6-9H,4-5,10-14H2,1-3H3,(H2,19,20,21). The molecule has 2 rings (SSSR count). The molecular weight excluding hydrogens is 306 g/mol. The van der Waals surface area contributed by atoms with E-state index >= 15 is 0 Å². The molecule has 0 amide bonds. The van der Waals surface area contributed by atoms with Gasteiger partial charge in [0, 0.05) is 31.5 Å². The highest BCUT2D eigenvalue weighted by Gasteiger charge is 2.29. The molecule has 1 fully saturated rings. The fourth-order valence-corrected chi connectivity index (χ4v) is 3.87. The Morgan fingerprint density at radius 3 is 2.61 bits per heavy atom. The summed E-state index contributed by atoms with van der Waals surface area (Å²) in [4.78, 5) is 4.32. The largest absolute Gasteiger partial charge is 0.377 e. The minimum absolute atomic E-state index is 0.346. The van der Waals surface area contributed by atoms with Crippen LogP contribution in [0, 0.1) is 0 Å². The van der Waals surface area contributed by atoms with E-state index in [0.29, 0.717) is 11.4 Å². The molecule has 0 saturated carbocycles. The second kappa shape index (κ2) is 9.18. The van der Waals surface area contributed by atoms with Crippen LogP contribution >= 0.6 is 11.8 Å². The van der Waals surface area contributed by atoms with E-state index in [2.05, 4.69) is 58.6 Å². The van der Waals surface area contributed by atoms with Crippen molar-refractivity contribution >= 4 is 17.7 Å². The highest BCUT2D eigenvalue weighted by Crippen LogP contribution is 2.36. The van der Waals surface area contributed by atoms with Crippen LogP contribution in [0.3, 0.4) is 0 Å². The Kier molecular flexibility index (Phi) is 7.24. The average molecular weight is 336 g/mol. The number of benzene rings is 1. The van der Waals surface area contributed by atoms with Crippen LogP contribution in [0.15, 0.2) is 29.3 Å². The molecule has 128 valence electrons. The van der Waals surface area contributed by atoms with Crippen LogP contribution in [0.5, 0.6) is 0 Å². The van der Waals surface area contributed by atoms with Crippen LogP contribution in [-0.2, 0) is 17.9 Å². The van der Waals surface area contributed by atoms with Crippen LogP contribution in [0.25, 0.3) is 0 Å². The van der Waals surface area contributed by atoms with Crippen molar-refractivity contribution in [1.29, 1.82) is 0 Å². The summed E-state index contributed by atoms with van der Waals surface area (Å²) in [7, 11) is 1.82. The van der Waals surface area contributed by atoms with Crippen molar-refractivity contribution in [2.75, 3.05) is 26.0 Å². The summed E-state index contributed by atoms with van der Waals surface area (Å²) in [5.41, 5.74) is 2.46. The van der Waals surface area contributed by atoms with Crippen molar-refractivity contribution in [2.45, 2.75) is 44.6 Å². The van der Waals surface area contributed by atoms with E-state index < -0.39 is 0 Å². The molecule has 0 bridgehead atoms. The van der Waals surface area contributed by atoms with Crippen LogP contribution < -0.4 is 10.6 Å². The molecule has 1 aromatic carbocycles. The third-order valence-corrected chi connectivity index (χ3v) is 5.65. The number of aliphatic imine (C=N–C) groups is 1. The van der Waals surface area contributed by atoms with Crippen LogP contribution in [0.1, 0.15) is 37.8 Å². The van der Waals surface area contributed by atoms with Crippen molar-refractivity contribution in [1.82, 2.24) is 10.6 Å². The van der Waals surface area contributed by atoms with Gasteiger partial charge in [0.15, 0.2) is 5.96 Å². The maximum Gasteiger partial charge on any atom is 0.191 e. The number of thioether (sulfide) groups is 1. The Balaban J connectivity index is 1.76. The number of hydrogen-bond acceptors (Lipinski definition) is 3. The molecule has 1 aliphatic heterocycles. The number of guanidine groups is 1. The molecule has 1 aliphatic rings. The van der Waals surface area contributed by atoms with E-state index in [0.717, 1.165) is 25.7 Å². The molecular formula is C18H29N3OS. The SMILES string of the molecule is CCOCc1ccc(CNC(=NC)NCC2(C)CCCS2)cc1. The Morgan fingerprint density at radius 1 is 1.26 bits per heavy atom. The smallest absolute Gasteiger partial charge is 0.191 e. The number of hydrogen-bond donors (Lipinski definition) is 2. The molecule has 0 aromatic heterocycles. The first-order valence-corrected chi connectivity index (χ1v) is 9.38. The highest BCUT2D eigenvalue weighted by molar-refractivity contribution is 8.00. The molecule has 1 saturated heterocycles. The lowest BCUT2D eigenvalue weighted by Crippen LogP contribution is -2.43. The summed E-state index contributed by atoms with van der Waals surface area (Å²) in [5.74, 6) is 2.15. The topological polar surface area (TPSA) is 45.6 Å². The van der Waals surface area contributed by atoms with Crippen molar-refractivity contribution in [3.05, 3.63) is 35.4 Å². The second-order valence-corrected chi connectivity index (χ2v) is 7.82. The van der Waals surface area contributed by atoms with Gasteiger partial charge in [0.1, 0.15) is 0 Å². The average Bonchev–Trinajstić information content (AvgIpc) is 3.01. The Morgan fingerprint density at radius 2 is 2.00 bits per heavy atom. The Hall–Kier alpha value is -1.20. The lowest BCUT2D eigenvalue weighted by Gasteiger charge is -2.24. The monoisotopic (exact) mass is 335 g/mol. The van der Waals surface area contributed by atoms with Crippen molar-refractivity contribution in [3.63, 3.8) is 0 Å². The van der Waals surface area contributed by atoms with Gasteiger partial charge < -0.3 is 15.4 Å². The first kappa shape index (κ1) is 18.1. The van der Waals surface area contributed by atoms with Gasteiger partial charge in [0.05, 0.1) is 6.61 Å². The quantitative estimate of drug-likeness (QED) is 0.593. The zero-order valence-corrected chi connectivity index (χ0v) is 15.3. The highest BCUT2D eigenvalue weighted by atomic mass is 32.2. The molecule has 1 heterocycles. The molecule has 5 heteroatoms. The van der Waals surface area contributed by atoms with Gasteiger partial charge in [-0.05, 0) is 43.6 Å². The summed E-state index contributed by atoms with van der Waals surface area (Å²) in [6, 6.07) is 8.53. The Labute approximate surface area is 144 Å². The second-order valence-electron chi connectivity index (χ2n) is 6.13. The van der Waals surface area contributed by atoms with Crippen molar-refractivity contribution in [2.24, 2.45) is 4.99 Å². The zero-order valence-electron chi connectivity index (χ0n) is 14.5. The van der Waals surface area contributed by atoms with Gasteiger partial charge in [-0.15, -0.1) is 0 Å². The zero-order chi connectivity index (χ0) is 16.5. The minimum Gasteiger partial charge on any atom is -0.377 e. The summed E-state index contributed by atoms with van der Waals surface area (Å²) in [6.45, 7) is 7.53. The van der Waals surface area contributed by atoms with Gasteiger partial charge >= 0.3 is 0 Å². The van der Waals surface area contributed by atoms with E-state index in [-0.39, 0.29) is 0 Å². The van der Waals surface area contributed by atoms with E-state index in [1.165, 1.54) is 29.7 Å². The fourth-order valence-electron chi connectivity index (χ4n) is 2.63. The molecule has 2 N–H and O–H groups in total. The van der Waals surface area contributed by atoms with Gasteiger partial charge in [-0.25, -0.2) is 0 Å². The predicted octanol–water partition coefficient (Wildman–Crippen LogP) is 3.17. The maximum atomic E-state index is 5.42. The third-order valence-electron chi connectivity index (χ3n) is 4.11. The molecule has 23 heavy (non-hydrogen) atoms. The van der Waals surface area contributed by atoms with Crippen molar-refractivity contribution < 1.29 is 4.74 Å². The first-order valence-electron chi connectivity index (χ1n) is 8.39. The lowest BCUT2D eigenvalue weighted by molar-refractivity contribution is 0.134. The molecule has 1 aromatic rings. The number of nitrogens with zero attached hydrogens (tertiary/aromatic N) is 1. The van der Waals surface area contributed by atoms with Crippen LogP contribution in [-0.4, -0.2) is 36.7 Å². The molecule has 0 spiro atoms. The van der Waals surface area contributed by atoms with Gasteiger partial charge in [-0.2, -0.15) is 11.8 Å². The van der Waals surface area contributed by atoms with Crippen LogP contribution in [0.4, 0.5) is 0 Å². The lowest BCUT2D eigenvalue weighted by atomic mass is 10.1. The van der Waals surface area contributed by atoms with Crippen LogP contribution in [0.2, 0.25) is 0 Å².